The van der Waals surface area contributed by atoms with Crippen LogP contribution in [0, 0.1) is 27.7 Å². The highest BCUT2D eigenvalue weighted by Gasteiger charge is 2.32. The van der Waals surface area contributed by atoms with Gasteiger partial charge in [0.1, 0.15) is 37.0 Å². The average Bonchev–Trinajstić information content (AvgIpc) is 1.61. The van der Waals surface area contributed by atoms with E-state index in [0.717, 1.165) is 133 Å². The largest absolute Gasteiger partial charge is 0.445 e. The number of pyridine rings is 2. The zero-order valence-corrected chi connectivity index (χ0v) is 59.3. The molecular weight excluding hydrogens is 1360 g/mol. The van der Waals surface area contributed by atoms with Crippen molar-refractivity contribution in [3.63, 3.8) is 0 Å². The summed E-state index contributed by atoms with van der Waals surface area (Å²) in [7, 11) is -3.55. The molecule has 0 radical (unpaired) electrons. The lowest BCUT2D eigenvalue weighted by atomic mass is 10.00. The second-order valence-corrected chi connectivity index (χ2v) is 26.6. The number of sulfone groups is 1. The summed E-state index contributed by atoms with van der Waals surface area (Å²) in [6.07, 6.45) is 14.8. The van der Waals surface area contributed by atoms with Crippen LogP contribution in [-0.4, -0.2) is 140 Å². The Morgan fingerprint density at radius 2 is 0.971 bits per heavy atom. The van der Waals surface area contributed by atoms with Crippen LogP contribution in [0.25, 0.3) is 78.5 Å². The molecule has 0 bridgehead atoms. The van der Waals surface area contributed by atoms with E-state index < -0.39 is 33.0 Å². The van der Waals surface area contributed by atoms with Crippen molar-refractivity contribution in [2.24, 2.45) is 5.73 Å². The lowest BCUT2D eigenvalue weighted by Gasteiger charge is -2.37. The lowest BCUT2D eigenvalue weighted by molar-refractivity contribution is 0.0678. The summed E-state index contributed by atoms with van der Waals surface area (Å²) in [5.41, 5.74) is 20.8. The quantitative estimate of drug-likeness (QED) is 0.101. The molecule has 29 heteroatoms. The maximum atomic E-state index is 13.1. The highest BCUT2D eigenvalue weighted by Crippen LogP contribution is 2.37. The van der Waals surface area contributed by atoms with Crippen LogP contribution < -0.4 is 11.1 Å². The Kier molecular flexibility index (Phi) is 24.6. The van der Waals surface area contributed by atoms with E-state index in [2.05, 4.69) is 66.5 Å². The molecule has 0 unspecified atom stereocenters. The number of fused-ring (bicyclic) bond motifs is 2. The molecule has 14 rings (SSSR count). The lowest BCUT2D eigenvalue weighted by Crippen LogP contribution is -2.50. The Balaban J connectivity index is 0.000000172. The van der Waals surface area contributed by atoms with E-state index in [1.54, 1.807) is 22.3 Å². The van der Waals surface area contributed by atoms with Gasteiger partial charge in [-0.2, -0.15) is 16.8 Å². The predicted octanol–water partition coefficient (Wildman–Crippen LogP) is 12.3. The summed E-state index contributed by atoms with van der Waals surface area (Å²) in [5, 5.41) is 13.1. The molecule has 2 saturated heterocycles. The molecule has 2 fully saturated rings. The fraction of sp³-hybridized carbons (Fsp3) is 0.260. The molecule has 102 heavy (non-hydrogen) atoms. The standard InChI is InChI=1S/C36H35N7O3.C23H19N5O3S.C14H20N2O2.2O2S/c1-23-18-37-35(38-27-15-14-24(2)42(19-27)36(44)45-21-26-10-6-4-7-11-26)40-33(23)30-20-43(28-12-8-5-9-13-28)34-29(30)16-17-32(39-34)31-22-46-41-25(31)3;1-14-11-24-23(32(3,29)30)26-21(14)18-12-28(16-7-5-4-6-8-16)22-17(18)9-10-20(25-22)19-13-31-27-15(19)2;1-11-7-8-13(15)9-16(11)14(17)18-10-12-5-3-2-4-6-12;2*1-3-2/h4-13,16-18,20,22,24,27H,14-15,19,21H2,1-3H3,(H,37,38,40);4-13H,1-3H3;2-6,11,13H,7-10,15H2,1H3;;/t24-,27-;;11-,13-;;/m1.1../s1. The third-order valence-electron chi connectivity index (χ3n) is 17.2. The Hall–Kier alpha value is -11.3. The Morgan fingerprint density at radius 3 is 1.41 bits per heavy atom. The van der Waals surface area contributed by atoms with Crippen molar-refractivity contribution in [3.05, 3.63) is 217 Å². The predicted molar refractivity (Wildman–Crippen MR) is 385 cm³/mol. The van der Waals surface area contributed by atoms with Crippen LogP contribution >= 0.6 is 0 Å². The van der Waals surface area contributed by atoms with Crippen LogP contribution in [0.1, 0.15) is 73.2 Å². The number of aromatic nitrogens is 10. The first kappa shape index (κ1) is 73.4. The van der Waals surface area contributed by atoms with E-state index in [-0.39, 0.29) is 48.1 Å². The maximum Gasteiger partial charge on any atom is 0.410 e. The molecular formula is C73H74N14O12S3. The van der Waals surface area contributed by atoms with E-state index in [1.165, 1.54) is 6.20 Å². The number of piperidine rings is 2. The number of anilines is 1. The second-order valence-electron chi connectivity index (χ2n) is 24.4. The van der Waals surface area contributed by atoms with Crippen LogP contribution in [0.2, 0.25) is 0 Å². The van der Waals surface area contributed by atoms with Gasteiger partial charge < -0.3 is 48.5 Å². The third kappa shape index (κ3) is 18.0. The molecule has 0 saturated carbocycles. The van der Waals surface area contributed by atoms with Crippen LogP contribution in [0.15, 0.2) is 197 Å². The van der Waals surface area contributed by atoms with E-state index in [0.29, 0.717) is 37.0 Å². The van der Waals surface area contributed by atoms with E-state index in [1.807, 2.05) is 179 Å². The molecule has 2 amide bonds. The maximum absolute atomic E-state index is 13.1. The van der Waals surface area contributed by atoms with Gasteiger partial charge in [-0.3, -0.25) is 0 Å². The minimum atomic E-state index is -3.55. The van der Waals surface area contributed by atoms with Crippen molar-refractivity contribution in [2.75, 3.05) is 24.7 Å². The highest BCUT2D eigenvalue weighted by molar-refractivity contribution is 7.90. The molecule has 26 nitrogen and oxygen atoms in total. The number of likely N-dealkylation sites (tertiary alicyclic amines) is 2. The number of nitrogens with two attached hydrogens (primary N) is 1. The van der Waals surface area contributed by atoms with Crippen molar-refractivity contribution in [2.45, 2.75) is 110 Å². The number of nitrogens with zero attached hydrogens (tertiary/aromatic N) is 12. The van der Waals surface area contributed by atoms with Gasteiger partial charge in [-0.25, -0.2) is 47.9 Å². The number of benzene rings is 4. The first-order valence-corrected chi connectivity index (χ1v) is 35.7. The highest BCUT2D eigenvalue weighted by atomic mass is 32.2. The fourth-order valence-corrected chi connectivity index (χ4v) is 12.3. The number of hydrogen-bond donors (Lipinski definition) is 2. The molecule has 0 spiro atoms. The van der Waals surface area contributed by atoms with Gasteiger partial charge in [0, 0.05) is 102 Å². The molecule has 0 aliphatic carbocycles. The normalized spacial score (nSPS) is 15.6. The average molecular weight is 1440 g/mol. The van der Waals surface area contributed by atoms with Gasteiger partial charge in [0.25, 0.3) is 0 Å². The van der Waals surface area contributed by atoms with Gasteiger partial charge in [-0.15, -0.1) is 0 Å². The molecule has 12 aromatic rings. The minimum Gasteiger partial charge on any atom is -0.445 e. The molecule has 4 atom stereocenters. The SMILES string of the molecule is C[C@@H]1CC[C@@H](N)CN1C(=O)OCc1ccccc1.Cc1cnc(N[C@@H]2CC[C@@H](C)N(C(=O)OCc3ccccc3)C2)nc1-c1cn(-c2ccccc2)c2nc(-c3conc3C)ccc12.Cc1cnc(S(C)(=O)=O)nc1-c1cn(-c2ccccc2)c2nc(-c3conc3C)ccc12.O=S=O.O=S=O. The van der Waals surface area contributed by atoms with E-state index in [4.69, 9.17) is 56.0 Å². The molecule has 10 heterocycles. The van der Waals surface area contributed by atoms with E-state index in [9.17, 15) is 18.0 Å². The summed E-state index contributed by atoms with van der Waals surface area (Å²) in [6, 6.07) is 47.7. The van der Waals surface area contributed by atoms with Crippen molar-refractivity contribution < 1.29 is 53.4 Å². The van der Waals surface area contributed by atoms with Gasteiger partial charge in [-0.1, -0.05) is 107 Å². The summed E-state index contributed by atoms with van der Waals surface area (Å²) in [6.45, 7) is 13.4. The summed E-state index contributed by atoms with van der Waals surface area (Å²) < 4.78 is 82.6. The number of carbonyl (C=O) groups is 2. The molecule has 526 valence electrons. The van der Waals surface area contributed by atoms with Gasteiger partial charge in [0.05, 0.1) is 45.3 Å². The number of aryl methyl sites for hydroxylation is 4. The summed E-state index contributed by atoms with van der Waals surface area (Å²) in [5.74, 6) is 0.517. The Morgan fingerprint density at radius 1 is 0.549 bits per heavy atom. The number of hydrogen-bond acceptors (Lipinski definition) is 22. The topological polar surface area (TPSA) is 339 Å². The van der Waals surface area contributed by atoms with Crippen LogP contribution in [0.4, 0.5) is 15.5 Å². The number of amides is 2. The summed E-state index contributed by atoms with van der Waals surface area (Å²) in [4.78, 5) is 56.6. The monoisotopic (exact) mass is 1430 g/mol. The second kappa shape index (κ2) is 34.2. The zero-order chi connectivity index (χ0) is 72.5. The number of para-hydroxylation sites is 2. The van der Waals surface area contributed by atoms with Crippen LogP contribution in [0.3, 0.4) is 0 Å². The van der Waals surface area contributed by atoms with Crippen molar-refractivity contribution >= 4 is 73.2 Å². The number of carbonyl (C=O) groups excluding carboxylic acids is 2. The van der Waals surface area contributed by atoms with Gasteiger partial charge in [0.15, 0.2) is 0 Å². The van der Waals surface area contributed by atoms with Crippen molar-refractivity contribution in [3.8, 4) is 56.4 Å². The first-order valence-electron chi connectivity index (χ1n) is 32.4. The van der Waals surface area contributed by atoms with Crippen molar-refractivity contribution in [1.82, 2.24) is 59.2 Å². The first-order chi connectivity index (χ1) is 49.3. The Labute approximate surface area is 595 Å². The minimum absolute atomic E-state index is 0.0160. The number of ether oxygens (including phenoxy) is 2. The molecule has 2 aliphatic heterocycles. The zero-order valence-electron chi connectivity index (χ0n) is 56.9. The van der Waals surface area contributed by atoms with Gasteiger partial charge >= 0.3 is 35.3 Å². The summed E-state index contributed by atoms with van der Waals surface area (Å²) >= 11 is -1.50. The molecule has 3 N–H and O–H groups in total. The Bertz CT molecular complexity index is 5040. The molecule has 4 aromatic carbocycles. The van der Waals surface area contributed by atoms with E-state index >= 15 is 0 Å². The number of rotatable bonds is 13. The molecule has 8 aromatic heterocycles. The smallest absolute Gasteiger partial charge is 0.410 e. The van der Waals surface area contributed by atoms with Crippen LogP contribution in [0.5, 0.6) is 0 Å². The van der Waals surface area contributed by atoms with Crippen molar-refractivity contribution in [1.29, 1.82) is 0 Å². The third-order valence-corrected chi connectivity index (χ3v) is 18.1. The van der Waals surface area contributed by atoms with Gasteiger partial charge in [0.2, 0.25) is 20.9 Å². The fourth-order valence-electron chi connectivity index (χ4n) is 11.8. The number of nitrogens with one attached hydrogen (secondary N) is 1. The molecule has 2 aliphatic rings. The van der Waals surface area contributed by atoms with Crippen LogP contribution in [-0.2, 0) is 55.7 Å². The van der Waals surface area contributed by atoms with Gasteiger partial charge in [-0.05, 0) is 138 Å².